The molecule has 1 N–H and O–H groups in total. The zero-order valence-corrected chi connectivity index (χ0v) is 13.8. The Hall–Kier alpha value is -0.940. The molecule has 1 aliphatic heterocycles. The van der Waals surface area contributed by atoms with E-state index in [2.05, 4.69) is 20.8 Å². The van der Waals surface area contributed by atoms with Crippen molar-refractivity contribution in [3.63, 3.8) is 0 Å². The first-order valence-electron chi connectivity index (χ1n) is 7.33. The summed E-state index contributed by atoms with van der Waals surface area (Å²) in [6.07, 6.45) is 2.42. The summed E-state index contributed by atoms with van der Waals surface area (Å²) in [5, 5.41) is 8.92. The van der Waals surface area contributed by atoms with Crippen LogP contribution in [0, 0.1) is 17.7 Å². The zero-order valence-electron chi connectivity index (χ0n) is 12.2. The highest BCUT2D eigenvalue weighted by Crippen LogP contribution is 2.28. The molecule has 0 aromatic heterocycles. The van der Waals surface area contributed by atoms with E-state index in [1.165, 1.54) is 12.1 Å². The topological polar surface area (TPSA) is 40.5 Å². The third-order valence-electron chi connectivity index (χ3n) is 4.25. The molecule has 0 aliphatic carbocycles. The molecule has 1 aromatic carbocycles. The first kappa shape index (κ1) is 16.4. The maximum absolute atomic E-state index is 13.1. The number of rotatable bonds is 5. The number of likely N-dealkylation sites (tertiary alicyclic amines) is 1. The molecule has 0 spiro atoms. The van der Waals surface area contributed by atoms with E-state index in [4.69, 9.17) is 5.11 Å². The molecule has 0 radical (unpaired) electrons. The monoisotopic (exact) mass is 357 g/mol. The summed E-state index contributed by atoms with van der Waals surface area (Å²) in [7, 11) is 0. The van der Waals surface area contributed by atoms with Gasteiger partial charge in [0.25, 0.3) is 0 Å². The van der Waals surface area contributed by atoms with E-state index in [0.717, 1.165) is 42.5 Å². The van der Waals surface area contributed by atoms with Crippen LogP contribution in [0.4, 0.5) is 4.39 Å². The van der Waals surface area contributed by atoms with Crippen LogP contribution in [0.3, 0.4) is 0 Å². The van der Waals surface area contributed by atoms with Crippen LogP contribution in [0.1, 0.15) is 31.7 Å². The molecule has 1 aromatic rings. The average Bonchev–Trinajstić information content (AvgIpc) is 2.41. The Morgan fingerprint density at radius 3 is 3.00 bits per heavy atom. The molecule has 1 fully saturated rings. The van der Waals surface area contributed by atoms with Gasteiger partial charge in [0.15, 0.2) is 0 Å². The molecular weight excluding hydrogens is 337 g/mol. The van der Waals surface area contributed by atoms with Crippen LogP contribution in [-0.4, -0.2) is 29.1 Å². The highest BCUT2D eigenvalue weighted by Gasteiger charge is 2.26. The Labute approximate surface area is 133 Å². The average molecular weight is 358 g/mol. The molecule has 21 heavy (non-hydrogen) atoms. The lowest BCUT2D eigenvalue weighted by atomic mass is 9.84. The fourth-order valence-corrected chi connectivity index (χ4v) is 3.51. The van der Waals surface area contributed by atoms with Crippen LogP contribution in [0.15, 0.2) is 22.7 Å². The van der Waals surface area contributed by atoms with Crippen molar-refractivity contribution >= 4 is 21.9 Å². The van der Waals surface area contributed by atoms with Gasteiger partial charge in [-0.2, -0.15) is 0 Å². The van der Waals surface area contributed by atoms with Crippen LogP contribution in [-0.2, 0) is 11.3 Å². The van der Waals surface area contributed by atoms with Crippen molar-refractivity contribution in [1.29, 1.82) is 0 Å². The maximum Gasteiger partial charge on any atom is 0.303 e. The number of benzene rings is 1. The molecule has 0 amide bonds. The van der Waals surface area contributed by atoms with Crippen LogP contribution in [0.5, 0.6) is 0 Å². The van der Waals surface area contributed by atoms with Crippen molar-refractivity contribution in [3.05, 3.63) is 34.1 Å². The SMILES string of the molecule is CC(CC(=O)O)C1CCCN(Cc2ccc(F)cc2Br)C1. The van der Waals surface area contributed by atoms with Gasteiger partial charge >= 0.3 is 5.97 Å². The molecule has 2 atom stereocenters. The minimum atomic E-state index is -0.721. The molecule has 0 bridgehead atoms. The van der Waals surface area contributed by atoms with E-state index in [-0.39, 0.29) is 18.2 Å². The summed E-state index contributed by atoms with van der Waals surface area (Å²) in [4.78, 5) is 13.2. The van der Waals surface area contributed by atoms with Gasteiger partial charge in [0.2, 0.25) is 0 Å². The normalized spacial score (nSPS) is 21.2. The van der Waals surface area contributed by atoms with E-state index in [1.807, 2.05) is 13.0 Å². The van der Waals surface area contributed by atoms with Gasteiger partial charge in [-0.05, 0) is 48.9 Å². The fourth-order valence-electron chi connectivity index (χ4n) is 3.03. The molecule has 116 valence electrons. The molecule has 1 heterocycles. The Balaban J connectivity index is 1.96. The Morgan fingerprint density at radius 2 is 2.33 bits per heavy atom. The van der Waals surface area contributed by atoms with Crippen molar-refractivity contribution in [3.8, 4) is 0 Å². The number of carboxylic acids is 1. The summed E-state index contributed by atoms with van der Waals surface area (Å²) >= 11 is 3.41. The van der Waals surface area contributed by atoms with Gasteiger partial charge in [-0.3, -0.25) is 9.69 Å². The third-order valence-corrected chi connectivity index (χ3v) is 4.99. The number of hydrogen-bond acceptors (Lipinski definition) is 2. The number of halogens is 2. The van der Waals surface area contributed by atoms with Crippen LogP contribution >= 0.6 is 15.9 Å². The molecular formula is C16H21BrFNO2. The second-order valence-electron chi connectivity index (χ2n) is 5.95. The molecule has 2 unspecified atom stereocenters. The van der Waals surface area contributed by atoms with Crippen molar-refractivity contribution in [1.82, 2.24) is 4.90 Å². The lowest BCUT2D eigenvalue weighted by Crippen LogP contribution is -2.37. The van der Waals surface area contributed by atoms with Gasteiger partial charge < -0.3 is 5.11 Å². The molecule has 1 aliphatic rings. The minimum absolute atomic E-state index is 0.196. The zero-order chi connectivity index (χ0) is 15.4. The van der Waals surface area contributed by atoms with E-state index < -0.39 is 5.97 Å². The molecule has 3 nitrogen and oxygen atoms in total. The van der Waals surface area contributed by atoms with E-state index in [0.29, 0.717) is 5.92 Å². The van der Waals surface area contributed by atoms with Crippen molar-refractivity contribution in [2.24, 2.45) is 11.8 Å². The molecule has 0 saturated carbocycles. The van der Waals surface area contributed by atoms with Crippen LogP contribution in [0.2, 0.25) is 0 Å². The van der Waals surface area contributed by atoms with Gasteiger partial charge in [-0.1, -0.05) is 28.9 Å². The Kier molecular flexibility index (Phi) is 5.76. The largest absolute Gasteiger partial charge is 0.481 e. The Morgan fingerprint density at radius 1 is 1.57 bits per heavy atom. The van der Waals surface area contributed by atoms with Gasteiger partial charge in [0.05, 0.1) is 0 Å². The van der Waals surface area contributed by atoms with Crippen LogP contribution < -0.4 is 0 Å². The quantitative estimate of drug-likeness (QED) is 0.868. The lowest BCUT2D eigenvalue weighted by Gasteiger charge is -2.35. The predicted molar refractivity (Wildman–Crippen MR) is 83.5 cm³/mol. The van der Waals surface area contributed by atoms with Crippen molar-refractivity contribution in [2.45, 2.75) is 32.7 Å². The van der Waals surface area contributed by atoms with Crippen molar-refractivity contribution < 1.29 is 14.3 Å². The molecule has 1 saturated heterocycles. The van der Waals surface area contributed by atoms with Gasteiger partial charge in [0.1, 0.15) is 5.82 Å². The second-order valence-corrected chi connectivity index (χ2v) is 6.80. The summed E-state index contributed by atoms with van der Waals surface area (Å²) in [5.74, 6) is -0.339. The van der Waals surface area contributed by atoms with Crippen LogP contribution in [0.25, 0.3) is 0 Å². The van der Waals surface area contributed by atoms with E-state index in [9.17, 15) is 9.18 Å². The lowest BCUT2D eigenvalue weighted by molar-refractivity contribution is -0.138. The minimum Gasteiger partial charge on any atom is -0.481 e. The third kappa shape index (κ3) is 4.78. The molecule has 2 rings (SSSR count). The van der Waals surface area contributed by atoms with E-state index in [1.54, 1.807) is 0 Å². The van der Waals surface area contributed by atoms with Gasteiger partial charge in [-0.25, -0.2) is 4.39 Å². The van der Waals surface area contributed by atoms with Gasteiger partial charge in [0, 0.05) is 24.0 Å². The number of hydrogen-bond donors (Lipinski definition) is 1. The van der Waals surface area contributed by atoms with Crippen molar-refractivity contribution in [2.75, 3.05) is 13.1 Å². The maximum atomic E-state index is 13.1. The standard InChI is InChI=1S/C16H21BrFNO2/c1-11(7-16(20)21)12-3-2-6-19(9-12)10-13-4-5-14(18)8-15(13)17/h4-5,8,11-12H,2-3,6-7,9-10H2,1H3,(H,20,21). The highest BCUT2D eigenvalue weighted by molar-refractivity contribution is 9.10. The summed E-state index contributed by atoms with van der Waals surface area (Å²) < 4.78 is 13.9. The summed E-state index contributed by atoms with van der Waals surface area (Å²) in [6, 6.07) is 4.78. The van der Waals surface area contributed by atoms with E-state index >= 15 is 0 Å². The number of nitrogens with zero attached hydrogens (tertiary/aromatic N) is 1. The summed E-state index contributed by atoms with van der Waals surface area (Å²) in [5.41, 5.74) is 1.07. The number of carbonyl (C=O) groups is 1. The Bertz CT molecular complexity index is 509. The second kappa shape index (κ2) is 7.36. The summed E-state index contributed by atoms with van der Waals surface area (Å²) in [6.45, 7) is 4.73. The fraction of sp³-hybridized carbons (Fsp3) is 0.562. The first-order chi connectivity index (χ1) is 9.95. The number of aliphatic carboxylic acids is 1. The predicted octanol–water partition coefficient (Wildman–Crippen LogP) is 3.91. The van der Waals surface area contributed by atoms with Gasteiger partial charge in [-0.15, -0.1) is 0 Å². The number of piperidine rings is 1. The highest BCUT2D eigenvalue weighted by atomic mass is 79.9. The smallest absolute Gasteiger partial charge is 0.303 e. The number of carboxylic acid groups (broad SMARTS) is 1. The molecule has 5 heteroatoms. The first-order valence-corrected chi connectivity index (χ1v) is 8.13.